The van der Waals surface area contributed by atoms with Gasteiger partial charge in [-0.15, -0.1) is 0 Å². The number of amides is 2. The lowest BCUT2D eigenvalue weighted by molar-refractivity contribution is -0.144. The molecule has 0 radical (unpaired) electrons. The molecule has 9 nitrogen and oxygen atoms in total. The number of aliphatic carboxylic acids is 1. The molecule has 0 bridgehead atoms. The van der Waals surface area contributed by atoms with Crippen LogP contribution in [0.3, 0.4) is 0 Å². The third kappa shape index (κ3) is 7.90. The van der Waals surface area contributed by atoms with E-state index in [4.69, 9.17) is 15.8 Å². The van der Waals surface area contributed by atoms with Crippen LogP contribution < -0.4 is 16.4 Å². The number of hydrogen-bond acceptors (Lipinski definition) is 6. The summed E-state index contributed by atoms with van der Waals surface area (Å²) in [7, 11) is -1.38. The number of likely N-dealkylation sites (tertiary alicyclic amines) is 1. The summed E-state index contributed by atoms with van der Waals surface area (Å²) in [5.74, 6) is -1.42. The van der Waals surface area contributed by atoms with E-state index in [-0.39, 0.29) is 30.6 Å². The van der Waals surface area contributed by atoms with E-state index in [2.05, 4.69) is 15.5 Å². The van der Waals surface area contributed by atoms with E-state index in [1.807, 2.05) is 0 Å². The standard InChI is InChI=1S/C19H30BFN4O5/c21-14-4-6-15(7-5-14)23-18(28)24-16-12-25(13-16)11-3-9-19(22,17(26)27)8-1-2-10-20(29)30/h4-7,16,29-30H,1-3,8-13,22H2,(H,26,27)(H2,23,24,28). The maximum atomic E-state index is 12.9. The Morgan fingerprint density at radius 2 is 1.80 bits per heavy atom. The summed E-state index contributed by atoms with van der Waals surface area (Å²) in [6, 6.07) is 5.14. The number of benzene rings is 1. The summed E-state index contributed by atoms with van der Waals surface area (Å²) in [5.41, 5.74) is 5.23. The number of carboxylic acids is 1. The molecule has 1 atom stereocenters. The van der Waals surface area contributed by atoms with Crippen molar-refractivity contribution < 1.29 is 29.1 Å². The zero-order valence-corrected chi connectivity index (χ0v) is 16.9. The van der Waals surface area contributed by atoms with Crippen LogP contribution in [0.5, 0.6) is 0 Å². The van der Waals surface area contributed by atoms with Crippen LogP contribution in [0.1, 0.15) is 32.1 Å². The van der Waals surface area contributed by atoms with E-state index in [0.29, 0.717) is 51.0 Å². The van der Waals surface area contributed by atoms with Crippen LogP contribution in [0.25, 0.3) is 0 Å². The Morgan fingerprint density at radius 1 is 1.17 bits per heavy atom. The molecular weight excluding hydrogens is 394 g/mol. The number of unbranched alkanes of at least 4 members (excludes halogenated alkanes) is 1. The summed E-state index contributed by atoms with van der Waals surface area (Å²) in [6.45, 7) is 2.01. The number of nitrogens with one attached hydrogen (secondary N) is 2. The summed E-state index contributed by atoms with van der Waals surface area (Å²) >= 11 is 0. The van der Waals surface area contributed by atoms with E-state index < -0.39 is 18.6 Å². The van der Waals surface area contributed by atoms with Crippen molar-refractivity contribution in [3.8, 4) is 0 Å². The lowest BCUT2D eigenvalue weighted by Gasteiger charge is -2.40. The predicted octanol–water partition coefficient (Wildman–Crippen LogP) is 0.837. The van der Waals surface area contributed by atoms with Gasteiger partial charge in [0.25, 0.3) is 0 Å². The minimum atomic E-state index is -1.38. The molecule has 1 fully saturated rings. The van der Waals surface area contributed by atoms with Gasteiger partial charge in [0.1, 0.15) is 11.4 Å². The van der Waals surface area contributed by atoms with Gasteiger partial charge in [-0.25, -0.2) is 9.18 Å². The number of carbonyl (C=O) groups excluding carboxylic acids is 1. The van der Waals surface area contributed by atoms with Gasteiger partial charge in [-0.05, 0) is 56.4 Å². The van der Waals surface area contributed by atoms with Gasteiger partial charge in [-0.2, -0.15) is 0 Å². The molecule has 11 heteroatoms. The highest BCUT2D eigenvalue weighted by atomic mass is 19.1. The fourth-order valence-electron chi connectivity index (χ4n) is 3.45. The Morgan fingerprint density at radius 3 is 2.40 bits per heavy atom. The zero-order valence-electron chi connectivity index (χ0n) is 16.9. The zero-order chi connectivity index (χ0) is 22.1. The average molecular weight is 424 g/mol. The summed E-state index contributed by atoms with van der Waals surface area (Å²) in [6.07, 6.45) is 2.43. The molecule has 1 saturated heterocycles. The third-order valence-corrected chi connectivity index (χ3v) is 5.25. The first-order valence-electron chi connectivity index (χ1n) is 10.1. The van der Waals surface area contributed by atoms with Gasteiger partial charge >= 0.3 is 19.1 Å². The Bertz CT molecular complexity index is 703. The monoisotopic (exact) mass is 424 g/mol. The highest BCUT2D eigenvalue weighted by molar-refractivity contribution is 6.40. The topological polar surface area (TPSA) is 148 Å². The van der Waals surface area contributed by atoms with Gasteiger partial charge in [0.15, 0.2) is 0 Å². The fraction of sp³-hybridized carbons (Fsp3) is 0.579. The molecule has 166 valence electrons. The fourth-order valence-corrected chi connectivity index (χ4v) is 3.45. The van der Waals surface area contributed by atoms with Crippen molar-refractivity contribution in [2.24, 2.45) is 5.73 Å². The van der Waals surface area contributed by atoms with Crippen molar-refractivity contribution in [2.45, 2.75) is 50.0 Å². The number of nitrogens with zero attached hydrogens (tertiary/aromatic N) is 1. The molecule has 1 aromatic carbocycles. The number of rotatable bonds is 12. The van der Waals surface area contributed by atoms with E-state index in [0.717, 1.165) is 0 Å². The Labute approximate surface area is 175 Å². The molecule has 1 aromatic rings. The largest absolute Gasteiger partial charge is 0.480 e. The first kappa shape index (κ1) is 24.1. The number of carboxylic acid groups (broad SMARTS) is 1. The molecule has 0 aromatic heterocycles. The number of carbonyl (C=O) groups is 2. The van der Waals surface area contributed by atoms with E-state index in [1.54, 1.807) is 0 Å². The molecular formula is C19H30BFN4O5. The van der Waals surface area contributed by atoms with E-state index in [1.165, 1.54) is 24.3 Å². The molecule has 1 heterocycles. The Kier molecular flexibility index (Phi) is 9.03. The van der Waals surface area contributed by atoms with Gasteiger partial charge < -0.3 is 31.5 Å². The van der Waals surface area contributed by atoms with Crippen molar-refractivity contribution in [1.82, 2.24) is 10.2 Å². The normalized spacial score (nSPS) is 16.4. The van der Waals surface area contributed by atoms with Gasteiger partial charge in [0, 0.05) is 18.8 Å². The molecule has 0 spiro atoms. The second-order valence-corrected chi connectivity index (χ2v) is 7.85. The lowest BCUT2D eigenvalue weighted by atomic mass is 9.81. The van der Waals surface area contributed by atoms with Crippen molar-refractivity contribution in [3.63, 3.8) is 0 Å². The quantitative estimate of drug-likeness (QED) is 0.215. The van der Waals surface area contributed by atoms with Crippen LogP contribution in [0.2, 0.25) is 6.32 Å². The molecule has 0 saturated carbocycles. The number of halogens is 1. The second kappa shape index (κ2) is 11.3. The van der Waals surface area contributed by atoms with Crippen LogP contribution in [0.15, 0.2) is 24.3 Å². The van der Waals surface area contributed by atoms with Gasteiger partial charge in [0.2, 0.25) is 0 Å². The lowest BCUT2D eigenvalue weighted by Crippen LogP contribution is -2.60. The minimum absolute atomic E-state index is 0.00235. The van der Waals surface area contributed by atoms with Crippen LogP contribution in [0.4, 0.5) is 14.9 Å². The molecule has 0 aliphatic carbocycles. The Balaban J connectivity index is 1.62. The first-order valence-corrected chi connectivity index (χ1v) is 10.1. The highest BCUT2D eigenvalue weighted by Crippen LogP contribution is 2.21. The van der Waals surface area contributed by atoms with Crippen molar-refractivity contribution in [1.29, 1.82) is 0 Å². The van der Waals surface area contributed by atoms with E-state index in [9.17, 15) is 19.1 Å². The smallest absolute Gasteiger partial charge is 0.451 e. The molecule has 30 heavy (non-hydrogen) atoms. The number of urea groups is 1. The van der Waals surface area contributed by atoms with Crippen molar-refractivity contribution >= 4 is 24.8 Å². The van der Waals surface area contributed by atoms with Crippen LogP contribution >= 0.6 is 0 Å². The predicted molar refractivity (Wildman–Crippen MR) is 111 cm³/mol. The molecule has 1 unspecified atom stereocenters. The van der Waals surface area contributed by atoms with Crippen LogP contribution in [0, 0.1) is 5.82 Å². The summed E-state index contributed by atoms with van der Waals surface area (Å²) in [4.78, 5) is 25.6. The first-order chi connectivity index (χ1) is 14.2. The SMILES string of the molecule is NC(CCCCB(O)O)(CCCN1CC(NC(=O)Nc2ccc(F)cc2)C1)C(=O)O. The van der Waals surface area contributed by atoms with Gasteiger partial charge in [-0.3, -0.25) is 9.69 Å². The van der Waals surface area contributed by atoms with Crippen LogP contribution in [-0.2, 0) is 4.79 Å². The molecule has 2 amide bonds. The maximum Gasteiger partial charge on any atom is 0.451 e. The summed E-state index contributed by atoms with van der Waals surface area (Å²) in [5, 5.41) is 32.6. The third-order valence-electron chi connectivity index (χ3n) is 5.25. The highest BCUT2D eigenvalue weighted by Gasteiger charge is 2.34. The number of anilines is 1. The maximum absolute atomic E-state index is 12.9. The molecule has 1 aliphatic rings. The average Bonchev–Trinajstić information content (AvgIpc) is 2.64. The second-order valence-electron chi connectivity index (χ2n) is 7.85. The van der Waals surface area contributed by atoms with Crippen LogP contribution in [-0.4, -0.2) is 70.4 Å². The van der Waals surface area contributed by atoms with Crippen molar-refractivity contribution in [3.05, 3.63) is 30.1 Å². The summed E-state index contributed by atoms with van der Waals surface area (Å²) < 4.78 is 12.9. The molecule has 1 aliphatic heterocycles. The number of hydrogen-bond donors (Lipinski definition) is 6. The van der Waals surface area contributed by atoms with Crippen molar-refractivity contribution in [2.75, 3.05) is 25.0 Å². The molecule has 7 N–H and O–H groups in total. The minimum Gasteiger partial charge on any atom is -0.480 e. The van der Waals surface area contributed by atoms with Gasteiger partial charge in [-0.1, -0.05) is 12.8 Å². The van der Waals surface area contributed by atoms with Gasteiger partial charge in [0.05, 0.1) is 6.04 Å². The molecule has 2 rings (SSSR count). The number of nitrogens with two attached hydrogens (primary N) is 1. The van der Waals surface area contributed by atoms with E-state index >= 15 is 0 Å². The Hall–Kier alpha value is -2.21.